The Morgan fingerprint density at radius 1 is 1.23 bits per heavy atom. The maximum atomic E-state index is 11.9. The molecule has 1 aromatic heterocycles. The Balaban J connectivity index is 1.81. The molecule has 0 spiro atoms. The average Bonchev–Trinajstić information content (AvgIpc) is 2.72. The quantitative estimate of drug-likeness (QED) is 0.464. The van der Waals surface area contributed by atoms with Crippen LogP contribution < -0.4 is 22.1 Å². The van der Waals surface area contributed by atoms with Crippen LogP contribution in [0.3, 0.4) is 0 Å². The van der Waals surface area contributed by atoms with Crippen LogP contribution in [0.4, 0.5) is 17.3 Å². The molecule has 0 radical (unpaired) electrons. The van der Waals surface area contributed by atoms with Crippen molar-refractivity contribution in [1.29, 1.82) is 0 Å². The summed E-state index contributed by atoms with van der Waals surface area (Å²) < 4.78 is 5.40. The molecule has 2 heterocycles. The van der Waals surface area contributed by atoms with Crippen LogP contribution in [0.1, 0.15) is 29.9 Å². The van der Waals surface area contributed by atoms with Crippen LogP contribution in [-0.2, 0) is 16.1 Å². The number of primary amides is 2. The first-order chi connectivity index (χ1) is 14.8. The number of nitrogens with one attached hydrogen (secondary N) is 2. The highest BCUT2D eigenvalue weighted by Gasteiger charge is 2.21. The first kappa shape index (κ1) is 22.4. The number of nitrogens with zero attached hydrogens (tertiary/aromatic N) is 3. The van der Waals surface area contributed by atoms with Crippen LogP contribution in [0, 0.1) is 5.92 Å². The number of morpholine rings is 1. The fraction of sp³-hybridized carbons (Fsp3) is 0.429. The van der Waals surface area contributed by atoms with E-state index in [-0.39, 0.29) is 17.4 Å². The third-order valence-corrected chi connectivity index (χ3v) is 4.98. The standard InChI is InChI=1S/C21H29N7O3/c1-13(2)17(19(22)29)26-16-11-24-18(20(23)30)21(27-16)25-15-5-3-4-14(10-15)12-28-6-8-31-9-7-28/h3-5,10-11,13,17H,6-9,12H2,1-2H3,(H2,22,29)(H2,23,30)(H2,25,26,27). The highest BCUT2D eigenvalue weighted by atomic mass is 16.5. The van der Waals surface area contributed by atoms with Crippen LogP contribution in [0.2, 0.25) is 0 Å². The van der Waals surface area contributed by atoms with Gasteiger partial charge in [-0.05, 0) is 23.6 Å². The molecule has 166 valence electrons. The molecule has 31 heavy (non-hydrogen) atoms. The lowest BCUT2D eigenvalue weighted by Gasteiger charge is -2.26. The first-order valence-electron chi connectivity index (χ1n) is 10.2. The molecule has 1 aromatic carbocycles. The average molecular weight is 428 g/mol. The van der Waals surface area contributed by atoms with Crippen LogP contribution in [0.15, 0.2) is 30.5 Å². The number of ether oxygens (including phenoxy) is 1. The van der Waals surface area contributed by atoms with Crippen molar-refractivity contribution in [2.24, 2.45) is 17.4 Å². The van der Waals surface area contributed by atoms with Crippen LogP contribution >= 0.6 is 0 Å². The van der Waals surface area contributed by atoms with E-state index in [1.807, 2.05) is 38.1 Å². The van der Waals surface area contributed by atoms with Gasteiger partial charge in [0.15, 0.2) is 11.5 Å². The van der Waals surface area contributed by atoms with Crippen LogP contribution in [0.25, 0.3) is 0 Å². The maximum Gasteiger partial charge on any atom is 0.271 e. The maximum absolute atomic E-state index is 11.9. The highest BCUT2D eigenvalue weighted by Crippen LogP contribution is 2.22. The number of carbonyl (C=O) groups excluding carboxylic acids is 2. The van der Waals surface area contributed by atoms with E-state index >= 15 is 0 Å². The molecule has 1 atom stereocenters. The molecule has 1 aliphatic heterocycles. The van der Waals surface area contributed by atoms with Gasteiger partial charge in [-0.3, -0.25) is 14.5 Å². The Hall–Kier alpha value is -3.24. The Bertz CT molecular complexity index is 929. The summed E-state index contributed by atoms with van der Waals surface area (Å²) in [5.41, 5.74) is 12.8. The van der Waals surface area contributed by atoms with E-state index in [1.165, 1.54) is 6.20 Å². The summed E-state index contributed by atoms with van der Waals surface area (Å²) in [4.78, 5) is 34.4. The van der Waals surface area contributed by atoms with E-state index in [2.05, 4.69) is 25.5 Å². The molecule has 2 amide bonds. The van der Waals surface area contributed by atoms with Crippen LogP contribution in [-0.4, -0.2) is 59.0 Å². The molecule has 0 bridgehead atoms. The zero-order chi connectivity index (χ0) is 22.4. The van der Waals surface area contributed by atoms with Gasteiger partial charge in [0.1, 0.15) is 11.9 Å². The molecule has 2 aromatic rings. The van der Waals surface area contributed by atoms with Crippen molar-refractivity contribution in [3.8, 4) is 0 Å². The molecular weight excluding hydrogens is 398 g/mol. The number of amides is 2. The molecule has 1 saturated heterocycles. The van der Waals surface area contributed by atoms with E-state index in [0.29, 0.717) is 5.82 Å². The van der Waals surface area contributed by atoms with Gasteiger partial charge < -0.3 is 26.8 Å². The van der Waals surface area contributed by atoms with Crippen molar-refractivity contribution in [2.75, 3.05) is 36.9 Å². The SMILES string of the molecule is CC(C)C(Nc1cnc(C(N)=O)c(Nc2cccc(CN3CCOCC3)c2)n1)C(N)=O. The lowest BCUT2D eigenvalue weighted by Crippen LogP contribution is -2.39. The third kappa shape index (κ3) is 6.12. The molecule has 10 heteroatoms. The summed E-state index contributed by atoms with van der Waals surface area (Å²) in [6, 6.07) is 7.20. The van der Waals surface area contributed by atoms with Gasteiger partial charge >= 0.3 is 0 Å². The predicted molar refractivity (Wildman–Crippen MR) is 118 cm³/mol. The number of hydrogen-bond donors (Lipinski definition) is 4. The van der Waals surface area contributed by atoms with E-state index in [1.54, 1.807) is 0 Å². The van der Waals surface area contributed by atoms with E-state index in [0.717, 1.165) is 44.1 Å². The number of rotatable bonds is 9. The molecule has 3 rings (SSSR count). The van der Waals surface area contributed by atoms with E-state index in [9.17, 15) is 9.59 Å². The Morgan fingerprint density at radius 2 is 1.97 bits per heavy atom. The summed E-state index contributed by atoms with van der Waals surface area (Å²) in [5, 5.41) is 6.11. The van der Waals surface area contributed by atoms with Gasteiger partial charge in [0, 0.05) is 25.3 Å². The zero-order valence-electron chi connectivity index (χ0n) is 17.8. The third-order valence-electron chi connectivity index (χ3n) is 4.98. The number of anilines is 3. The second-order valence-corrected chi connectivity index (χ2v) is 7.80. The Kier molecular flexibility index (Phi) is 7.37. The molecule has 1 fully saturated rings. The smallest absolute Gasteiger partial charge is 0.271 e. The number of nitrogens with two attached hydrogens (primary N) is 2. The lowest BCUT2D eigenvalue weighted by molar-refractivity contribution is -0.119. The lowest BCUT2D eigenvalue weighted by atomic mass is 10.0. The predicted octanol–water partition coefficient (Wildman–Crippen LogP) is 1.07. The van der Waals surface area contributed by atoms with Crippen molar-refractivity contribution < 1.29 is 14.3 Å². The highest BCUT2D eigenvalue weighted by molar-refractivity contribution is 5.96. The topological polar surface area (TPSA) is 148 Å². The van der Waals surface area contributed by atoms with Crippen molar-refractivity contribution in [1.82, 2.24) is 14.9 Å². The van der Waals surface area contributed by atoms with Gasteiger partial charge in [-0.25, -0.2) is 9.97 Å². The van der Waals surface area contributed by atoms with Gasteiger partial charge in [0.05, 0.1) is 19.4 Å². The monoisotopic (exact) mass is 427 g/mol. The van der Waals surface area contributed by atoms with Gasteiger partial charge in [0.25, 0.3) is 5.91 Å². The van der Waals surface area contributed by atoms with Crippen molar-refractivity contribution in [3.05, 3.63) is 41.7 Å². The molecular formula is C21H29N7O3. The van der Waals surface area contributed by atoms with E-state index in [4.69, 9.17) is 16.2 Å². The van der Waals surface area contributed by atoms with Crippen LogP contribution in [0.5, 0.6) is 0 Å². The summed E-state index contributed by atoms with van der Waals surface area (Å²) in [6.45, 7) is 7.78. The van der Waals surface area contributed by atoms with Crippen molar-refractivity contribution >= 4 is 29.1 Å². The minimum Gasteiger partial charge on any atom is -0.379 e. The molecule has 10 nitrogen and oxygen atoms in total. The van der Waals surface area contributed by atoms with E-state index < -0.39 is 17.9 Å². The molecule has 1 unspecified atom stereocenters. The fourth-order valence-electron chi connectivity index (χ4n) is 3.35. The zero-order valence-corrected chi connectivity index (χ0v) is 17.8. The van der Waals surface area contributed by atoms with Crippen molar-refractivity contribution in [2.45, 2.75) is 26.4 Å². The van der Waals surface area contributed by atoms with Gasteiger partial charge in [-0.1, -0.05) is 26.0 Å². The second-order valence-electron chi connectivity index (χ2n) is 7.80. The molecule has 0 aliphatic carbocycles. The van der Waals surface area contributed by atoms with Gasteiger partial charge in [-0.2, -0.15) is 0 Å². The fourth-order valence-corrected chi connectivity index (χ4v) is 3.35. The number of hydrogen-bond acceptors (Lipinski definition) is 8. The number of carbonyl (C=O) groups is 2. The second kappa shape index (κ2) is 10.2. The Morgan fingerprint density at radius 3 is 2.61 bits per heavy atom. The summed E-state index contributed by atoms with van der Waals surface area (Å²) in [5.74, 6) is -0.742. The largest absolute Gasteiger partial charge is 0.379 e. The summed E-state index contributed by atoms with van der Waals surface area (Å²) in [6.07, 6.45) is 1.36. The molecule has 6 N–H and O–H groups in total. The Labute approximate surface area is 181 Å². The van der Waals surface area contributed by atoms with Gasteiger partial charge in [-0.15, -0.1) is 0 Å². The number of aromatic nitrogens is 2. The summed E-state index contributed by atoms with van der Waals surface area (Å²) in [7, 11) is 0. The minimum atomic E-state index is -0.707. The molecule has 0 saturated carbocycles. The number of benzene rings is 1. The van der Waals surface area contributed by atoms with Gasteiger partial charge in [0.2, 0.25) is 5.91 Å². The first-order valence-corrected chi connectivity index (χ1v) is 10.2. The molecule has 1 aliphatic rings. The minimum absolute atomic E-state index is 0.00399. The van der Waals surface area contributed by atoms with Crippen molar-refractivity contribution in [3.63, 3.8) is 0 Å². The summed E-state index contributed by atoms with van der Waals surface area (Å²) >= 11 is 0. The normalized spacial score (nSPS) is 15.5.